The van der Waals surface area contributed by atoms with Crippen LogP contribution in [0, 0.1) is 11.7 Å². The first-order valence-electron chi connectivity index (χ1n) is 10.2. The van der Waals surface area contributed by atoms with Crippen LogP contribution in [0.1, 0.15) is 36.2 Å². The fourth-order valence-corrected chi connectivity index (χ4v) is 4.06. The van der Waals surface area contributed by atoms with Crippen molar-refractivity contribution < 1.29 is 14.0 Å². The molecule has 2 amide bonds. The van der Waals surface area contributed by atoms with Gasteiger partial charge < -0.3 is 15.5 Å². The number of carbonyl (C=O) groups is 2. The number of benzene rings is 1. The standard InChI is InChI=1S/C21H26FN5O2.ClH/c22-16-7-5-15(6-8-16)18-11-19(26-25-18)21(29)27-10-2-3-14(13-27)12-24-20(28)17-4-1-9-23-17;/h5-8,11,14,17,23H,1-4,9-10,12-13H2,(H,24,28)(H,25,26);1H. The van der Waals surface area contributed by atoms with Crippen molar-refractivity contribution in [3.05, 3.63) is 41.8 Å². The summed E-state index contributed by atoms with van der Waals surface area (Å²) in [5, 5.41) is 13.2. The SMILES string of the molecule is Cl.O=C(NCC1CCCN(C(=O)c2cc(-c3ccc(F)cc3)n[nH]2)C1)C1CCCN1. The van der Waals surface area contributed by atoms with Crippen LogP contribution in [-0.2, 0) is 4.79 Å². The van der Waals surface area contributed by atoms with Crippen LogP contribution in [0.4, 0.5) is 4.39 Å². The van der Waals surface area contributed by atoms with Crippen molar-refractivity contribution in [1.82, 2.24) is 25.7 Å². The Balaban J connectivity index is 0.00000256. The van der Waals surface area contributed by atoms with Gasteiger partial charge in [0, 0.05) is 25.2 Å². The van der Waals surface area contributed by atoms with Gasteiger partial charge in [0.1, 0.15) is 11.5 Å². The van der Waals surface area contributed by atoms with Crippen molar-refractivity contribution in [3.8, 4) is 11.3 Å². The van der Waals surface area contributed by atoms with Crippen molar-refractivity contribution >= 4 is 24.2 Å². The van der Waals surface area contributed by atoms with Gasteiger partial charge in [-0.1, -0.05) is 0 Å². The molecule has 0 radical (unpaired) electrons. The highest BCUT2D eigenvalue weighted by Crippen LogP contribution is 2.21. The lowest BCUT2D eigenvalue weighted by molar-refractivity contribution is -0.123. The molecular formula is C21H27ClFN5O2. The van der Waals surface area contributed by atoms with Crippen LogP contribution in [0.5, 0.6) is 0 Å². The maximum atomic E-state index is 13.1. The maximum absolute atomic E-state index is 13.1. The molecule has 0 aliphatic carbocycles. The number of amides is 2. The molecule has 0 bridgehead atoms. The number of H-pyrrole nitrogens is 1. The first-order chi connectivity index (χ1) is 14.1. The van der Waals surface area contributed by atoms with E-state index in [-0.39, 0.29) is 42.0 Å². The number of piperidine rings is 1. The van der Waals surface area contributed by atoms with E-state index in [1.54, 1.807) is 18.2 Å². The van der Waals surface area contributed by atoms with E-state index in [2.05, 4.69) is 20.8 Å². The van der Waals surface area contributed by atoms with E-state index < -0.39 is 0 Å². The van der Waals surface area contributed by atoms with Gasteiger partial charge in [0.15, 0.2) is 0 Å². The van der Waals surface area contributed by atoms with Gasteiger partial charge in [0.05, 0.1) is 11.7 Å². The highest BCUT2D eigenvalue weighted by molar-refractivity contribution is 5.93. The summed E-state index contributed by atoms with van der Waals surface area (Å²) in [7, 11) is 0. The molecule has 1 aromatic carbocycles. The number of hydrogen-bond donors (Lipinski definition) is 3. The highest BCUT2D eigenvalue weighted by Gasteiger charge is 2.27. The average molecular weight is 436 g/mol. The third-order valence-electron chi connectivity index (χ3n) is 5.70. The fourth-order valence-electron chi connectivity index (χ4n) is 4.06. The fraction of sp³-hybridized carbons (Fsp3) is 0.476. The third-order valence-corrected chi connectivity index (χ3v) is 5.70. The molecule has 9 heteroatoms. The maximum Gasteiger partial charge on any atom is 0.271 e. The van der Waals surface area contributed by atoms with E-state index in [1.807, 2.05) is 4.90 Å². The summed E-state index contributed by atoms with van der Waals surface area (Å²) in [5.74, 6) is -0.101. The summed E-state index contributed by atoms with van der Waals surface area (Å²) in [4.78, 5) is 26.9. The predicted molar refractivity (Wildman–Crippen MR) is 114 cm³/mol. The zero-order valence-corrected chi connectivity index (χ0v) is 17.5. The molecular weight excluding hydrogens is 409 g/mol. The zero-order valence-electron chi connectivity index (χ0n) is 16.7. The lowest BCUT2D eigenvalue weighted by Crippen LogP contribution is -2.46. The van der Waals surface area contributed by atoms with Crippen molar-refractivity contribution in [3.63, 3.8) is 0 Å². The Kier molecular flexibility index (Phi) is 7.44. The highest BCUT2D eigenvalue weighted by atomic mass is 35.5. The molecule has 2 aliphatic rings. The Bertz CT molecular complexity index is 867. The van der Waals surface area contributed by atoms with Gasteiger partial charge >= 0.3 is 0 Å². The molecule has 0 spiro atoms. The quantitative estimate of drug-likeness (QED) is 0.672. The molecule has 0 saturated carbocycles. The lowest BCUT2D eigenvalue weighted by Gasteiger charge is -2.32. The van der Waals surface area contributed by atoms with E-state index in [9.17, 15) is 14.0 Å². The van der Waals surface area contributed by atoms with Gasteiger partial charge in [-0.05, 0) is 68.5 Å². The van der Waals surface area contributed by atoms with Crippen LogP contribution in [0.2, 0.25) is 0 Å². The minimum absolute atomic E-state index is 0. The summed E-state index contributed by atoms with van der Waals surface area (Å²) in [5.41, 5.74) is 1.78. The van der Waals surface area contributed by atoms with Crippen LogP contribution in [0.25, 0.3) is 11.3 Å². The van der Waals surface area contributed by atoms with Crippen LogP contribution in [0.15, 0.2) is 30.3 Å². The van der Waals surface area contributed by atoms with Crippen LogP contribution < -0.4 is 10.6 Å². The Hall–Kier alpha value is -2.45. The monoisotopic (exact) mass is 435 g/mol. The Morgan fingerprint density at radius 2 is 2.00 bits per heavy atom. The molecule has 162 valence electrons. The van der Waals surface area contributed by atoms with Crippen molar-refractivity contribution in [2.24, 2.45) is 5.92 Å². The Morgan fingerprint density at radius 3 is 2.73 bits per heavy atom. The number of carbonyl (C=O) groups excluding carboxylic acids is 2. The van der Waals surface area contributed by atoms with Crippen LogP contribution >= 0.6 is 12.4 Å². The molecule has 2 aliphatic heterocycles. The second kappa shape index (κ2) is 10.0. The summed E-state index contributed by atoms with van der Waals surface area (Å²) < 4.78 is 13.1. The van der Waals surface area contributed by atoms with Gasteiger partial charge in [-0.3, -0.25) is 14.7 Å². The zero-order chi connectivity index (χ0) is 20.2. The number of hydrogen-bond acceptors (Lipinski definition) is 4. The molecule has 7 nitrogen and oxygen atoms in total. The first-order valence-corrected chi connectivity index (χ1v) is 10.2. The molecule has 3 heterocycles. The molecule has 2 unspecified atom stereocenters. The second-order valence-corrected chi connectivity index (χ2v) is 7.83. The Labute approximate surface area is 181 Å². The Morgan fingerprint density at radius 1 is 1.20 bits per heavy atom. The third kappa shape index (κ3) is 5.17. The van der Waals surface area contributed by atoms with E-state index in [0.717, 1.165) is 37.8 Å². The van der Waals surface area contributed by atoms with Crippen LogP contribution in [0.3, 0.4) is 0 Å². The van der Waals surface area contributed by atoms with Gasteiger partial charge in [-0.2, -0.15) is 5.10 Å². The minimum Gasteiger partial charge on any atom is -0.354 e. The number of likely N-dealkylation sites (tertiary alicyclic amines) is 1. The normalized spacial score (nSPS) is 21.2. The summed E-state index contributed by atoms with van der Waals surface area (Å²) in [6, 6.07) is 7.64. The molecule has 2 atom stereocenters. The van der Waals surface area contributed by atoms with Crippen molar-refractivity contribution in [2.75, 3.05) is 26.2 Å². The molecule has 2 aromatic rings. The number of nitrogens with zero attached hydrogens (tertiary/aromatic N) is 2. The van der Waals surface area contributed by atoms with E-state index >= 15 is 0 Å². The number of aromatic nitrogens is 2. The smallest absolute Gasteiger partial charge is 0.271 e. The summed E-state index contributed by atoms with van der Waals surface area (Å²) in [6.07, 6.45) is 3.82. The van der Waals surface area contributed by atoms with Crippen LogP contribution in [-0.4, -0.2) is 59.1 Å². The predicted octanol–water partition coefficient (Wildman–Crippen LogP) is 2.36. The average Bonchev–Trinajstić information content (AvgIpc) is 3.45. The van der Waals surface area contributed by atoms with Gasteiger partial charge in [-0.15, -0.1) is 12.4 Å². The largest absolute Gasteiger partial charge is 0.354 e. The summed E-state index contributed by atoms with van der Waals surface area (Å²) in [6.45, 7) is 2.79. The molecule has 4 rings (SSSR count). The number of halogens is 2. The number of nitrogens with one attached hydrogen (secondary N) is 3. The number of rotatable bonds is 5. The van der Waals surface area contributed by atoms with Gasteiger partial charge in [0.25, 0.3) is 5.91 Å². The summed E-state index contributed by atoms with van der Waals surface area (Å²) >= 11 is 0. The molecule has 2 saturated heterocycles. The molecule has 30 heavy (non-hydrogen) atoms. The van der Waals surface area contributed by atoms with E-state index in [1.165, 1.54) is 12.1 Å². The van der Waals surface area contributed by atoms with Gasteiger partial charge in [-0.25, -0.2) is 4.39 Å². The van der Waals surface area contributed by atoms with Crippen molar-refractivity contribution in [2.45, 2.75) is 31.7 Å². The second-order valence-electron chi connectivity index (χ2n) is 7.83. The van der Waals surface area contributed by atoms with Gasteiger partial charge in [0.2, 0.25) is 5.91 Å². The van der Waals surface area contributed by atoms with E-state index in [4.69, 9.17) is 0 Å². The van der Waals surface area contributed by atoms with E-state index in [0.29, 0.717) is 31.0 Å². The molecule has 3 N–H and O–H groups in total. The lowest BCUT2D eigenvalue weighted by atomic mass is 9.97. The number of aromatic amines is 1. The minimum atomic E-state index is -0.309. The molecule has 2 fully saturated rings. The molecule has 1 aromatic heterocycles. The van der Waals surface area contributed by atoms with Crippen molar-refractivity contribution in [1.29, 1.82) is 0 Å². The first kappa shape index (κ1) is 22.2. The topological polar surface area (TPSA) is 90.1 Å².